The van der Waals surface area contributed by atoms with Gasteiger partial charge in [-0.1, -0.05) is 6.07 Å². The highest BCUT2D eigenvalue weighted by Gasteiger charge is 2.27. The SMILES string of the molecule is COc1ccc(S(=O)(=O)NC2CCN(C(=O)c3ccc(C)c(F)c3)CC2)cc1. The number of hydrogen-bond acceptors (Lipinski definition) is 4. The minimum absolute atomic E-state index is 0.168. The van der Waals surface area contributed by atoms with Crippen molar-refractivity contribution < 1.29 is 22.3 Å². The van der Waals surface area contributed by atoms with Crippen LogP contribution in [0.4, 0.5) is 4.39 Å². The molecule has 3 rings (SSSR count). The average Bonchev–Trinajstić information content (AvgIpc) is 2.70. The molecule has 8 heteroatoms. The lowest BCUT2D eigenvalue weighted by atomic mass is 10.0. The summed E-state index contributed by atoms with van der Waals surface area (Å²) in [5.41, 5.74) is 0.795. The van der Waals surface area contributed by atoms with E-state index in [1.165, 1.54) is 25.3 Å². The molecule has 1 aliphatic rings. The molecule has 0 aliphatic carbocycles. The van der Waals surface area contributed by atoms with Crippen LogP contribution in [0.1, 0.15) is 28.8 Å². The first-order chi connectivity index (χ1) is 13.3. The molecule has 1 saturated heterocycles. The van der Waals surface area contributed by atoms with E-state index < -0.39 is 15.8 Å². The molecule has 1 heterocycles. The van der Waals surface area contributed by atoms with Crippen LogP contribution < -0.4 is 9.46 Å². The lowest BCUT2D eigenvalue weighted by molar-refractivity contribution is 0.0711. The highest BCUT2D eigenvalue weighted by Crippen LogP contribution is 2.19. The Morgan fingerprint density at radius 2 is 1.79 bits per heavy atom. The molecular weight excluding hydrogens is 383 g/mol. The van der Waals surface area contributed by atoms with Crippen LogP contribution in [-0.2, 0) is 10.0 Å². The molecule has 0 bridgehead atoms. The number of amides is 1. The molecule has 28 heavy (non-hydrogen) atoms. The van der Waals surface area contributed by atoms with Crippen molar-refractivity contribution in [2.45, 2.75) is 30.7 Å². The van der Waals surface area contributed by atoms with Crippen molar-refractivity contribution in [3.8, 4) is 5.75 Å². The maximum absolute atomic E-state index is 13.7. The third-order valence-electron chi connectivity index (χ3n) is 4.89. The van der Waals surface area contributed by atoms with Gasteiger partial charge in [-0.3, -0.25) is 4.79 Å². The Morgan fingerprint density at radius 1 is 1.14 bits per heavy atom. The molecule has 0 saturated carbocycles. The van der Waals surface area contributed by atoms with Gasteiger partial charge in [0, 0.05) is 24.7 Å². The quantitative estimate of drug-likeness (QED) is 0.829. The second-order valence-corrected chi connectivity index (χ2v) is 8.54. The third kappa shape index (κ3) is 4.51. The minimum atomic E-state index is -3.64. The molecule has 1 fully saturated rings. The number of nitrogens with zero attached hydrogens (tertiary/aromatic N) is 1. The number of benzene rings is 2. The van der Waals surface area contributed by atoms with E-state index in [-0.39, 0.29) is 16.8 Å². The van der Waals surface area contributed by atoms with Gasteiger partial charge in [0.25, 0.3) is 5.91 Å². The van der Waals surface area contributed by atoms with Gasteiger partial charge in [-0.25, -0.2) is 17.5 Å². The zero-order valence-corrected chi connectivity index (χ0v) is 16.6. The average molecular weight is 406 g/mol. The van der Waals surface area contributed by atoms with Crippen molar-refractivity contribution in [2.75, 3.05) is 20.2 Å². The summed E-state index contributed by atoms with van der Waals surface area (Å²) in [6.45, 7) is 2.46. The number of likely N-dealkylation sites (tertiary alicyclic amines) is 1. The predicted molar refractivity (Wildman–Crippen MR) is 103 cm³/mol. The molecule has 150 valence electrons. The monoisotopic (exact) mass is 406 g/mol. The van der Waals surface area contributed by atoms with Crippen LogP contribution in [-0.4, -0.2) is 45.5 Å². The molecule has 0 aromatic heterocycles. The Balaban J connectivity index is 1.60. The van der Waals surface area contributed by atoms with Crippen molar-refractivity contribution in [3.63, 3.8) is 0 Å². The van der Waals surface area contributed by atoms with Crippen LogP contribution >= 0.6 is 0 Å². The third-order valence-corrected chi connectivity index (χ3v) is 6.43. The summed E-state index contributed by atoms with van der Waals surface area (Å²) < 4.78 is 46.5. The topological polar surface area (TPSA) is 75.7 Å². The zero-order valence-electron chi connectivity index (χ0n) is 15.8. The van der Waals surface area contributed by atoms with Crippen LogP contribution in [0.3, 0.4) is 0 Å². The molecule has 1 amide bonds. The second-order valence-electron chi connectivity index (χ2n) is 6.83. The fourth-order valence-corrected chi connectivity index (χ4v) is 4.46. The molecule has 0 atom stereocenters. The number of aryl methyl sites for hydroxylation is 1. The Hall–Kier alpha value is -2.45. The summed E-state index contributed by atoms with van der Waals surface area (Å²) in [7, 11) is -2.13. The summed E-state index contributed by atoms with van der Waals surface area (Å²) in [4.78, 5) is 14.3. The van der Waals surface area contributed by atoms with Crippen LogP contribution in [0.15, 0.2) is 47.4 Å². The molecule has 2 aromatic carbocycles. The summed E-state index contributed by atoms with van der Waals surface area (Å²) in [5, 5.41) is 0. The van der Waals surface area contributed by atoms with E-state index >= 15 is 0 Å². The van der Waals surface area contributed by atoms with E-state index in [9.17, 15) is 17.6 Å². The van der Waals surface area contributed by atoms with Gasteiger partial charge in [-0.2, -0.15) is 0 Å². The smallest absolute Gasteiger partial charge is 0.253 e. The maximum Gasteiger partial charge on any atom is 0.253 e. The van der Waals surface area contributed by atoms with E-state index in [4.69, 9.17) is 4.74 Å². The van der Waals surface area contributed by atoms with E-state index in [2.05, 4.69) is 4.72 Å². The molecule has 2 aromatic rings. The van der Waals surface area contributed by atoms with Crippen molar-refractivity contribution in [1.29, 1.82) is 0 Å². The van der Waals surface area contributed by atoms with Crippen LogP contribution in [0.2, 0.25) is 0 Å². The van der Waals surface area contributed by atoms with Gasteiger partial charge in [0.15, 0.2) is 0 Å². The minimum Gasteiger partial charge on any atom is -0.497 e. The van der Waals surface area contributed by atoms with Gasteiger partial charge in [0.1, 0.15) is 11.6 Å². The Bertz CT molecular complexity index is 953. The first-order valence-electron chi connectivity index (χ1n) is 9.02. The van der Waals surface area contributed by atoms with Crippen molar-refractivity contribution >= 4 is 15.9 Å². The van der Waals surface area contributed by atoms with E-state index in [1.807, 2.05) is 0 Å². The fourth-order valence-electron chi connectivity index (χ4n) is 3.15. The fraction of sp³-hybridized carbons (Fsp3) is 0.350. The number of carbonyl (C=O) groups is 1. The number of nitrogens with one attached hydrogen (secondary N) is 1. The predicted octanol–water partition coefficient (Wildman–Crippen LogP) is 2.73. The van der Waals surface area contributed by atoms with Crippen molar-refractivity contribution in [3.05, 3.63) is 59.4 Å². The van der Waals surface area contributed by atoms with E-state index in [0.717, 1.165) is 0 Å². The first kappa shape index (κ1) is 20.3. The summed E-state index contributed by atoms with van der Waals surface area (Å²) in [6.07, 6.45) is 0.991. The van der Waals surface area contributed by atoms with E-state index in [1.54, 1.807) is 36.1 Å². The maximum atomic E-state index is 13.7. The van der Waals surface area contributed by atoms with Gasteiger partial charge >= 0.3 is 0 Å². The Labute approximate surface area is 164 Å². The molecule has 1 N–H and O–H groups in total. The van der Waals surface area contributed by atoms with E-state index in [0.29, 0.717) is 42.8 Å². The van der Waals surface area contributed by atoms with Gasteiger partial charge in [0.05, 0.1) is 12.0 Å². The van der Waals surface area contributed by atoms with Crippen LogP contribution in [0.25, 0.3) is 0 Å². The summed E-state index contributed by atoms with van der Waals surface area (Å²) >= 11 is 0. The number of halogens is 1. The lowest BCUT2D eigenvalue weighted by Crippen LogP contribution is -2.46. The highest BCUT2D eigenvalue weighted by molar-refractivity contribution is 7.89. The van der Waals surface area contributed by atoms with Crippen LogP contribution in [0, 0.1) is 12.7 Å². The summed E-state index contributed by atoms with van der Waals surface area (Å²) in [6, 6.07) is 10.4. The lowest BCUT2D eigenvalue weighted by Gasteiger charge is -2.32. The summed E-state index contributed by atoms with van der Waals surface area (Å²) in [5.74, 6) is -0.0679. The molecule has 0 radical (unpaired) electrons. The standard InChI is InChI=1S/C20H23FN2O4S/c1-14-3-4-15(13-19(14)21)20(24)23-11-9-16(10-12-23)22-28(25,26)18-7-5-17(27-2)6-8-18/h3-8,13,16,22H,9-12H2,1-2H3. The largest absolute Gasteiger partial charge is 0.497 e. The Morgan fingerprint density at radius 3 is 2.36 bits per heavy atom. The molecule has 6 nitrogen and oxygen atoms in total. The number of rotatable bonds is 5. The van der Waals surface area contributed by atoms with Crippen LogP contribution in [0.5, 0.6) is 5.75 Å². The number of methoxy groups -OCH3 is 1. The van der Waals surface area contributed by atoms with Gasteiger partial charge in [-0.05, 0) is 61.7 Å². The normalized spacial score (nSPS) is 15.5. The van der Waals surface area contributed by atoms with Gasteiger partial charge in [-0.15, -0.1) is 0 Å². The van der Waals surface area contributed by atoms with Crippen molar-refractivity contribution in [2.24, 2.45) is 0 Å². The van der Waals surface area contributed by atoms with Gasteiger partial charge in [0.2, 0.25) is 10.0 Å². The number of carbonyl (C=O) groups excluding carboxylic acids is 1. The Kier molecular flexibility index (Phi) is 6.00. The second kappa shape index (κ2) is 8.28. The number of piperidine rings is 1. The van der Waals surface area contributed by atoms with Crippen molar-refractivity contribution in [1.82, 2.24) is 9.62 Å². The number of sulfonamides is 1. The first-order valence-corrected chi connectivity index (χ1v) is 10.5. The molecule has 0 unspecified atom stereocenters. The zero-order chi connectivity index (χ0) is 20.3. The number of hydrogen-bond donors (Lipinski definition) is 1. The number of ether oxygens (including phenoxy) is 1. The highest BCUT2D eigenvalue weighted by atomic mass is 32.2. The van der Waals surface area contributed by atoms with Gasteiger partial charge < -0.3 is 9.64 Å². The molecule has 0 spiro atoms. The molecule has 1 aliphatic heterocycles. The molecular formula is C20H23FN2O4S.